The molecule has 0 amide bonds. The monoisotopic (exact) mass is 614 g/mol. The maximum absolute atomic E-state index is 12.4. The Hall–Kier alpha value is -3.68. The zero-order chi connectivity index (χ0) is 32.7. The summed E-state index contributed by atoms with van der Waals surface area (Å²) in [5.74, 6) is -2.63. The van der Waals surface area contributed by atoms with Gasteiger partial charge in [0.25, 0.3) is 0 Å². The van der Waals surface area contributed by atoms with Crippen LogP contribution in [-0.2, 0) is 19.1 Å². The Balaban J connectivity index is 0.000000934. The van der Waals surface area contributed by atoms with Crippen LogP contribution in [-0.4, -0.2) is 47.3 Å². The zero-order valence-electron chi connectivity index (χ0n) is 26.8. The van der Waals surface area contributed by atoms with Crippen molar-refractivity contribution in [3.63, 3.8) is 0 Å². The van der Waals surface area contributed by atoms with Gasteiger partial charge in [0.2, 0.25) is 0 Å². The van der Waals surface area contributed by atoms with Crippen LogP contribution < -0.4 is 0 Å². The van der Waals surface area contributed by atoms with Crippen molar-refractivity contribution in [2.45, 2.75) is 117 Å². The minimum atomic E-state index is -0.870. The summed E-state index contributed by atoms with van der Waals surface area (Å²) in [6.45, 7) is 5.17. The van der Waals surface area contributed by atoms with E-state index in [0.29, 0.717) is 37.2 Å². The van der Waals surface area contributed by atoms with Crippen LogP contribution in [0.1, 0.15) is 137 Å². The molecule has 8 heteroatoms. The Morgan fingerprint density at radius 1 is 0.477 bits per heavy atom. The van der Waals surface area contributed by atoms with Gasteiger partial charge in [-0.2, -0.15) is 0 Å². The maximum atomic E-state index is 12.4. The molecule has 0 radical (unpaired) electrons. The molecule has 0 fully saturated rings. The number of hydrogen-bond donors (Lipinski definition) is 2. The van der Waals surface area contributed by atoms with Crippen LogP contribution >= 0.6 is 0 Å². The van der Waals surface area contributed by atoms with Crippen LogP contribution in [0.2, 0.25) is 0 Å². The molecule has 0 bridgehead atoms. The van der Waals surface area contributed by atoms with Crippen LogP contribution in [0.5, 0.6) is 0 Å². The van der Waals surface area contributed by atoms with E-state index in [1.807, 2.05) is 36.4 Å². The first-order valence-electron chi connectivity index (χ1n) is 16.2. The lowest BCUT2D eigenvalue weighted by atomic mass is 10.1. The van der Waals surface area contributed by atoms with Crippen LogP contribution in [0.4, 0.5) is 0 Å². The van der Waals surface area contributed by atoms with E-state index in [0.717, 1.165) is 25.7 Å². The highest BCUT2D eigenvalue weighted by Crippen LogP contribution is 2.14. The molecule has 2 rings (SSSR count). The summed E-state index contributed by atoms with van der Waals surface area (Å²) in [5.41, 5.74) is 0.586. The van der Waals surface area contributed by atoms with E-state index < -0.39 is 23.9 Å². The third-order valence-electron chi connectivity index (χ3n) is 6.53. The average Bonchev–Trinajstić information content (AvgIpc) is 3.03. The van der Waals surface area contributed by atoms with Crippen molar-refractivity contribution >= 4 is 23.9 Å². The summed E-state index contributed by atoms with van der Waals surface area (Å²) in [5, 5.41) is 16.3. The largest absolute Gasteiger partial charge is 0.481 e. The van der Waals surface area contributed by atoms with E-state index in [9.17, 15) is 19.2 Å². The predicted octanol–water partition coefficient (Wildman–Crippen LogP) is 9.12. The number of aliphatic carboxylic acids is 2. The molecule has 0 aliphatic carbocycles. The molecular formula is C36H54O8. The molecule has 0 aromatic heterocycles. The van der Waals surface area contributed by atoms with Crippen LogP contribution in [0.15, 0.2) is 60.7 Å². The quantitative estimate of drug-likeness (QED) is 0.105. The molecule has 2 N–H and O–H groups in total. The SMILES string of the molecule is CCCCCCCCOC(=O)c1ccccc1C(=O)OCCCCCCCC.O=C(O)CCCCC(=O)O.c1ccccc1. The van der Waals surface area contributed by atoms with Gasteiger partial charge in [-0.15, -0.1) is 0 Å². The number of esters is 2. The Morgan fingerprint density at radius 2 is 0.795 bits per heavy atom. The van der Waals surface area contributed by atoms with Crippen LogP contribution in [0.3, 0.4) is 0 Å². The van der Waals surface area contributed by atoms with Gasteiger partial charge in [0.15, 0.2) is 0 Å². The third-order valence-corrected chi connectivity index (χ3v) is 6.53. The van der Waals surface area contributed by atoms with Gasteiger partial charge in [-0.05, 0) is 37.8 Å². The van der Waals surface area contributed by atoms with Gasteiger partial charge in [0.1, 0.15) is 0 Å². The minimum absolute atomic E-state index is 0.0628. The van der Waals surface area contributed by atoms with E-state index >= 15 is 0 Å². The molecule has 8 nitrogen and oxygen atoms in total. The molecule has 0 heterocycles. The van der Waals surface area contributed by atoms with Crippen molar-refractivity contribution < 1.29 is 38.9 Å². The Kier molecular flexibility index (Phi) is 26.9. The van der Waals surface area contributed by atoms with Gasteiger partial charge >= 0.3 is 23.9 Å². The highest BCUT2D eigenvalue weighted by molar-refractivity contribution is 6.03. The summed E-state index contributed by atoms with van der Waals surface area (Å²) >= 11 is 0. The van der Waals surface area contributed by atoms with Gasteiger partial charge in [-0.25, -0.2) is 9.59 Å². The second-order valence-corrected chi connectivity index (χ2v) is 10.5. The molecule has 2 aromatic carbocycles. The molecule has 2 aromatic rings. The topological polar surface area (TPSA) is 127 Å². The average molecular weight is 615 g/mol. The first-order valence-corrected chi connectivity index (χ1v) is 16.2. The number of ether oxygens (including phenoxy) is 2. The molecule has 0 saturated carbocycles. The van der Waals surface area contributed by atoms with Crippen molar-refractivity contribution in [2.24, 2.45) is 0 Å². The fourth-order valence-electron chi connectivity index (χ4n) is 4.03. The molecule has 0 aliphatic heterocycles. The molecule has 0 aliphatic rings. The highest BCUT2D eigenvalue weighted by Gasteiger charge is 2.18. The number of hydrogen-bond acceptors (Lipinski definition) is 6. The Bertz CT molecular complexity index is 914. The second-order valence-electron chi connectivity index (χ2n) is 10.5. The van der Waals surface area contributed by atoms with E-state index in [4.69, 9.17) is 19.7 Å². The van der Waals surface area contributed by atoms with Crippen molar-refractivity contribution in [2.75, 3.05) is 13.2 Å². The molecule has 0 spiro atoms. The fourth-order valence-corrected chi connectivity index (χ4v) is 4.03. The Labute approximate surface area is 264 Å². The normalized spacial score (nSPS) is 9.95. The van der Waals surface area contributed by atoms with Crippen molar-refractivity contribution in [1.29, 1.82) is 0 Å². The summed E-state index contributed by atoms with van der Waals surface area (Å²) in [4.78, 5) is 44.5. The summed E-state index contributed by atoms with van der Waals surface area (Å²) in [6, 6.07) is 18.7. The molecule has 0 atom stereocenters. The number of benzene rings is 2. The number of carboxylic acids is 2. The molecule has 44 heavy (non-hydrogen) atoms. The van der Waals surface area contributed by atoms with Gasteiger partial charge in [-0.1, -0.05) is 127 Å². The standard InChI is InChI=1S/C24H38O4.C6H10O4.C6H6/c1-3-5-7-9-11-15-19-27-23(25)21-17-13-14-18-22(21)24(26)28-20-16-12-10-8-6-4-2;7-5(8)3-1-2-4-6(9)10;1-2-4-6-5-3-1/h13-14,17-18H,3-12,15-16,19-20H2,1-2H3;1-4H2,(H,7,8)(H,9,10);1-6H. The van der Waals surface area contributed by atoms with Gasteiger partial charge in [-0.3, -0.25) is 9.59 Å². The lowest BCUT2D eigenvalue weighted by Crippen LogP contribution is -2.15. The predicted molar refractivity (Wildman–Crippen MR) is 174 cm³/mol. The number of unbranched alkanes of at least 4 members (excludes halogenated alkanes) is 11. The second kappa shape index (κ2) is 29.4. The van der Waals surface area contributed by atoms with Crippen LogP contribution in [0.25, 0.3) is 0 Å². The van der Waals surface area contributed by atoms with E-state index in [2.05, 4.69) is 13.8 Å². The minimum Gasteiger partial charge on any atom is -0.481 e. The van der Waals surface area contributed by atoms with Crippen molar-refractivity contribution in [3.05, 3.63) is 71.8 Å². The highest BCUT2D eigenvalue weighted by atomic mass is 16.5. The zero-order valence-corrected chi connectivity index (χ0v) is 26.8. The van der Waals surface area contributed by atoms with E-state index in [-0.39, 0.29) is 12.8 Å². The number of carbonyl (C=O) groups excluding carboxylic acids is 2. The fraction of sp³-hybridized carbons (Fsp3) is 0.556. The van der Waals surface area contributed by atoms with Crippen molar-refractivity contribution in [3.8, 4) is 0 Å². The Morgan fingerprint density at radius 3 is 1.11 bits per heavy atom. The molecule has 0 saturated heterocycles. The van der Waals surface area contributed by atoms with Crippen LogP contribution in [0, 0.1) is 0 Å². The number of rotatable bonds is 21. The smallest absolute Gasteiger partial charge is 0.339 e. The third kappa shape index (κ3) is 24.9. The van der Waals surface area contributed by atoms with Gasteiger partial charge in [0, 0.05) is 12.8 Å². The molecule has 0 unspecified atom stereocenters. The number of carbonyl (C=O) groups is 4. The van der Waals surface area contributed by atoms with Gasteiger partial charge < -0.3 is 19.7 Å². The summed E-state index contributed by atoms with van der Waals surface area (Å²) in [7, 11) is 0. The molecule has 246 valence electrons. The molecular weight excluding hydrogens is 560 g/mol. The number of carboxylic acid groups (broad SMARTS) is 2. The van der Waals surface area contributed by atoms with Gasteiger partial charge in [0.05, 0.1) is 24.3 Å². The first kappa shape index (κ1) is 40.3. The van der Waals surface area contributed by atoms with Crippen molar-refractivity contribution in [1.82, 2.24) is 0 Å². The summed E-state index contributed by atoms with van der Waals surface area (Å²) in [6.07, 6.45) is 14.6. The lowest BCUT2D eigenvalue weighted by Gasteiger charge is -2.10. The summed E-state index contributed by atoms with van der Waals surface area (Å²) < 4.78 is 10.7. The lowest BCUT2D eigenvalue weighted by molar-refractivity contribution is -0.139. The van der Waals surface area contributed by atoms with E-state index in [1.165, 1.54) is 51.4 Å². The maximum Gasteiger partial charge on any atom is 0.339 e. The first-order chi connectivity index (χ1) is 21.3. The van der Waals surface area contributed by atoms with E-state index in [1.54, 1.807) is 24.3 Å².